The zero-order valence-electron chi connectivity index (χ0n) is 38.3. The minimum absolute atomic E-state index is 0.00484. The lowest BCUT2D eigenvalue weighted by Gasteiger charge is -2.26. The van der Waals surface area contributed by atoms with Gasteiger partial charge in [0.1, 0.15) is 23.2 Å². The van der Waals surface area contributed by atoms with Crippen molar-refractivity contribution in [2.24, 2.45) is 4.99 Å². The molecule has 2 aromatic heterocycles. The Balaban J connectivity index is 1.18. The van der Waals surface area contributed by atoms with Crippen LogP contribution in [0.15, 0.2) is 157 Å². The third-order valence-corrected chi connectivity index (χ3v) is 12.5. The summed E-state index contributed by atoms with van der Waals surface area (Å²) in [7, 11) is 0. The molecule has 67 heavy (non-hydrogen) atoms. The predicted molar refractivity (Wildman–Crippen MR) is 256 cm³/mol. The smallest absolute Gasteiger partial charge is 0.416 e. The van der Waals surface area contributed by atoms with Crippen LogP contribution in [0.2, 0.25) is 0 Å². The summed E-state index contributed by atoms with van der Waals surface area (Å²) in [6.45, 7) is 14.9. The van der Waals surface area contributed by atoms with E-state index in [4.69, 9.17) is 14.7 Å². The van der Waals surface area contributed by atoms with E-state index in [1.165, 1.54) is 10.5 Å². The normalized spacial score (nSPS) is 14.9. The van der Waals surface area contributed by atoms with Gasteiger partial charge in [-0.05, 0) is 118 Å². The van der Waals surface area contributed by atoms with E-state index in [1.807, 2.05) is 110 Å². The fourth-order valence-electron chi connectivity index (χ4n) is 9.09. The number of amidine groups is 1. The van der Waals surface area contributed by atoms with Crippen molar-refractivity contribution in [2.45, 2.75) is 83.6 Å². The fourth-order valence-corrected chi connectivity index (χ4v) is 9.09. The van der Waals surface area contributed by atoms with Crippen molar-refractivity contribution in [2.75, 3.05) is 11.4 Å². The second-order valence-corrected chi connectivity index (χ2v) is 19.5. The Kier molecular flexibility index (Phi) is 11.3. The van der Waals surface area contributed by atoms with E-state index < -0.39 is 29.5 Å². The number of pyridine rings is 1. The molecule has 0 unspecified atom stereocenters. The van der Waals surface area contributed by atoms with E-state index in [0.717, 1.165) is 62.0 Å². The average molecular weight is 909 g/mol. The summed E-state index contributed by atoms with van der Waals surface area (Å²) in [5.41, 5.74) is 3.89. The van der Waals surface area contributed by atoms with Crippen LogP contribution in [0.25, 0.3) is 27.6 Å². The van der Waals surface area contributed by atoms with Crippen LogP contribution in [-0.2, 0) is 23.2 Å². The second-order valence-electron chi connectivity index (χ2n) is 19.5. The van der Waals surface area contributed by atoms with Gasteiger partial charge in [0.2, 0.25) is 0 Å². The molecule has 0 bridgehead atoms. The lowest BCUT2D eigenvalue weighted by Crippen LogP contribution is -2.32. The number of benzene rings is 6. The van der Waals surface area contributed by atoms with Gasteiger partial charge in [0.05, 0.1) is 28.2 Å². The van der Waals surface area contributed by atoms with Crippen LogP contribution >= 0.6 is 0 Å². The summed E-state index contributed by atoms with van der Waals surface area (Å²) in [5.74, 6) is 1.52. The molecule has 0 N–H and O–H groups in total. The highest BCUT2D eigenvalue weighted by molar-refractivity contribution is 6.12. The first-order valence-corrected chi connectivity index (χ1v) is 22.2. The minimum Gasteiger partial charge on any atom is -0.457 e. The topological polar surface area (TPSA) is 42.6 Å². The highest BCUT2D eigenvalue weighted by Crippen LogP contribution is 2.43. The molecular weight excluding hydrogens is 859 g/mol. The Morgan fingerprint density at radius 1 is 0.567 bits per heavy atom. The van der Waals surface area contributed by atoms with Gasteiger partial charge in [-0.25, -0.2) is 4.98 Å². The Morgan fingerprint density at radius 3 is 1.78 bits per heavy atom. The molecule has 11 heteroatoms. The molecule has 0 spiro atoms. The van der Waals surface area contributed by atoms with Crippen LogP contribution in [0.5, 0.6) is 11.5 Å². The van der Waals surface area contributed by atoms with Crippen molar-refractivity contribution >= 4 is 33.3 Å². The van der Waals surface area contributed by atoms with Crippen molar-refractivity contribution in [3.05, 3.63) is 196 Å². The molecule has 0 amide bonds. The van der Waals surface area contributed by atoms with Crippen LogP contribution in [0.1, 0.15) is 92.0 Å². The predicted octanol–water partition coefficient (Wildman–Crippen LogP) is 15.4. The average Bonchev–Trinajstić information content (AvgIpc) is 3.85. The van der Waals surface area contributed by atoms with E-state index in [-0.39, 0.29) is 40.9 Å². The Labute approximate surface area is 386 Å². The number of aryl methyl sites for hydroxylation is 1. The number of nitrogens with zero attached hydrogens (tertiary/aromatic N) is 4. The van der Waals surface area contributed by atoms with Gasteiger partial charge in [0.15, 0.2) is 0 Å². The number of alkyl halides is 6. The number of rotatable bonds is 8. The number of aliphatic imine (C=N–C) groups is 1. The summed E-state index contributed by atoms with van der Waals surface area (Å²) >= 11 is 0. The van der Waals surface area contributed by atoms with Gasteiger partial charge < -0.3 is 9.64 Å². The third kappa shape index (κ3) is 9.16. The molecule has 342 valence electrons. The van der Waals surface area contributed by atoms with Crippen LogP contribution in [0, 0.1) is 6.92 Å². The molecule has 5 nitrogen and oxygen atoms in total. The van der Waals surface area contributed by atoms with E-state index in [9.17, 15) is 26.3 Å². The maximum absolute atomic E-state index is 14.4. The van der Waals surface area contributed by atoms with Crippen LogP contribution in [0.3, 0.4) is 0 Å². The van der Waals surface area contributed by atoms with E-state index >= 15 is 0 Å². The third-order valence-electron chi connectivity index (χ3n) is 12.5. The van der Waals surface area contributed by atoms with E-state index in [0.29, 0.717) is 17.1 Å². The van der Waals surface area contributed by atoms with E-state index in [1.54, 1.807) is 6.07 Å². The Hall–Kier alpha value is -6.88. The second kappa shape index (κ2) is 16.8. The summed E-state index contributed by atoms with van der Waals surface area (Å²) in [4.78, 5) is 11.5. The zero-order valence-corrected chi connectivity index (χ0v) is 38.3. The molecule has 0 aliphatic carbocycles. The Bertz CT molecular complexity index is 3090. The van der Waals surface area contributed by atoms with Gasteiger partial charge >= 0.3 is 12.4 Å². The SMILES string of the molecule is Cc1cc(Oc2ccc3c4cc(C(C)(C)C)ccc4n(-c4cc(C(C)(C)C)ccn4)c3c2)cc(C2=N[C@H](C(c3ccccc3)c3ccccc3)CN2c2cc(C(F)(F)F)cc(C(F)(F)F)c2)c1. The lowest BCUT2D eigenvalue weighted by molar-refractivity contribution is -0.143. The van der Waals surface area contributed by atoms with Crippen LogP contribution in [0.4, 0.5) is 32.0 Å². The number of halogens is 6. The molecule has 3 heterocycles. The van der Waals surface area contributed by atoms with Crippen molar-refractivity contribution in [1.82, 2.24) is 9.55 Å². The van der Waals surface area contributed by atoms with Crippen molar-refractivity contribution in [3.63, 3.8) is 0 Å². The number of hydrogen-bond donors (Lipinski definition) is 0. The Morgan fingerprint density at radius 2 is 1.18 bits per heavy atom. The van der Waals surface area contributed by atoms with Crippen LogP contribution in [-0.4, -0.2) is 28.0 Å². The molecule has 0 fully saturated rings. The molecule has 9 rings (SSSR count). The summed E-state index contributed by atoms with van der Waals surface area (Å²) < 4.78 is 95.1. The zero-order chi connectivity index (χ0) is 47.6. The quantitative estimate of drug-likeness (QED) is 0.143. The summed E-state index contributed by atoms with van der Waals surface area (Å²) in [6, 6.07) is 42.2. The van der Waals surface area contributed by atoms with Crippen molar-refractivity contribution in [3.8, 4) is 17.3 Å². The lowest BCUT2D eigenvalue weighted by atomic mass is 9.85. The first kappa shape index (κ1) is 45.3. The molecule has 0 saturated carbocycles. The fraction of sp³-hybridized carbons (Fsp3) is 0.250. The standard InChI is InChI=1S/C56H50F6N4O/c1-34-24-37(26-44(25-34)67-43-19-20-45-46-30-38(53(2,3)4)18-21-48(46)66(49(45)32-43)50-31-39(22-23-63-50)54(5,6)7)52-64-47(51(35-14-10-8-11-15-35)36-16-12-9-13-17-36)33-65(52)42-28-40(55(57,58)59)27-41(29-42)56(60,61)62/h8-32,47,51H,33H2,1-7H3/t47-/m0/s1. The minimum atomic E-state index is -5.04. The maximum Gasteiger partial charge on any atom is 0.416 e. The molecule has 1 atom stereocenters. The number of fused-ring (bicyclic) bond motifs is 3. The highest BCUT2D eigenvalue weighted by Gasteiger charge is 2.40. The van der Waals surface area contributed by atoms with Gasteiger partial charge in [-0.3, -0.25) is 9.56 Å². The molecule has 0 saturated heterocycles. The molecular formula is C56H50F6N4O. The molecule has 8 aromatic rings. The number of aromatic nitrogens is 2. The van der Waals surface area contributed by atoms with Crippen molar-refractivity contribution in [1.29, 1.82) is 0 Å². The molecule has 0 radical (unpaired) electrons. The summed E-state index contributed by atoms with van der Waals surface area (Å²) in [5, 5.41) is 2.07. The van der Waals surface area contributed by atoms with Gasteiger partial charge in [0.25, 0.3) is 0 Å². The number of anilines is 1. The van der Waals surface area contributed by atoms with Gasteiger partial charge in [-0.2, -0.15) is 26.3 Å². The van der Waals surface area contributed by atoms with Crippen molar-refractivity contribution < 1.29 is 31.1 Å². The summed E-state index contributed by atoms with van der Waals surface area (Å²) in [6.07, 6.45) is -8.25. The first-order chi connectivity index (χ1) is 31.6. The largest absolute Gasteiger partial charge is 0.457 e. The number of ether oxygens (including phenoxy) is 1. The van der Waals surface area contributed by atoms with E-state index in [2.05, 4.69) is 70.4 Å². The highest BCUT2D eigenvalue weighted by atomic mass is 19.4. The monoisotopic (exact) mass is 908 g/mol. The molecule has 1 aliphatic heterocycles. The van der Waals surface area contributed by atoms with Gasteiger partial charge in [0, 0.05) is 46.7 Å². The van der Waals surface area contributed by atoms with Gasteiger partial charge in [-0.15, -0.1) is 0 Å². The maximum atomic E-state index is 14.4. The first-order valence-electron chi connectivity index (χ1n) is 22.2. The molecule has 6 aromatic carbocycles. The molecule has 1 aliphatic rings. The van der Waals surface area contributed by atoms with Gasteiger partial charge in [-0.1, -0.05) is 108 Å². The van der Waals surface area contributed by atoms with Crippen LogP contribution < -0.4 is 9.64 Å². The number of hydrogen-bond acceptors (Lipinski definition) is 4.